The van der Waals surface area contributed by atoms with Gasteiger partial charge in [0.1, 0.15) is 11.6 Å². The van der Waals surface area contributed by atoms with Crippen LogP contribution >= 0.6 is 11.8 Å². The maximum atomic E-state index is 13.1. The standard InChI is InChI=1S/C15H21F2NS/c1-15(2)4-6-19-10-14(15)18-5-3-11-7-12(16)9-13(17)8-11/h7-9,14,18H,3-6,10H2,1-2H3. The highest BCUT2D eigenvalue weighted by atomic mass is 32.2. The van der Waals surface area contributed by atoms with E-state index in [0.717, 1.165) is 18.4 Å². The van der Waals surface area contributed by atoms with Gasteiger partial charge in [0.25, 0.3) is 0 Å². The lowest BCUT2D eigenvalue weighted by Crippen LogP contribution is -2.47. The molecule has 0 bridgehead atoms. The molecular formula is C15H21F2NS. The van der Waals surface area contributed by atoms with E-state index in [1.807, 2.05) is 11.8 Å². The normalized spacial score (nSPS) is 22.4. The molecule has 0 amide bonds. The molecule has 0 aliphatic carbocycles. The van der Waals surface area contributed by atoms with Crippen LogP contribution in [0, 0.1) is 17.0 Å². The lowest BCUT2D eigenvalue weighted by atomic mass is 9.82. The van der Waals surface area contributed by atoms with Gasteiger partial charge in [0, 0.05) is 17.9 Å². The topological polar surface area (TPSA) is 12.0 Å². The molecule has 1 unspecified atom stereocenters. The van der Waals surface area contributed by atoms with Crippen LogP contribution in [0.3, 0.4) is 0 Å². The van der Waals surface area contributed by atoms with Crippen molar-refractivity contribution in [3.05, 3.63) is 35.4 Å². The van der Waals surface area contributed by atoms with Crippen molar-refractivity contribution < 1.29 is 8.78 Å². The summed E-state index contributed by atoms with van der Waals surface area (Å²) in [4.78, 5) is 0. The van der Waals surface area contributed by atoms with Crippen molar-refractivity contribution in [2.24, 2.45) is 5.41 Å². The van der Waals surface area contributed by atoms with Crippen molar-refractivity contribution in [3.63, 3.8) is 0 Å². The minimum Gasteiger partial charge on any atom is -0.312 e. The Bertz CT molecular complexity index is 414. The lowest BCUT2D eigenvalue weighted by molar-refractivity contribution is 0.247. The molecule has 1 atom stereocenters. The molecule has 1 fully saturated rings. The van der Waals surface area contributed by atoms with Crippen LogP contribution in [0.2, 0.25) is 0 Å². The first-order chi connectivity index (χ1) is 8.97. The maximum absolute atomic E-state index is 13.1. The molecule has 1 aliphatic heterocycles. The van der Waals surface area contributed by atoms with Crippen LogP contribution in [0.4, 0.5) is 8.78 Å². The van der Waals surface area contributed by atoms with Crippen molar-refractivity contribution in [1.82, 2.24) is 5.32 Å². The summed E-state index contributed by atoms with van der Waals surface area (Å²) in [6, 6.07) is 4.21. The summed E-state index contributed by atoms with van der Waals surface area (Å²) < 4.78 is 26.1. The fourth-order valence-corrected chi connectivity index (χ4v) is 4.06. The summed E-state index contributed by atoms with van der Waals surface area (Å²) in [6.45, 7) is 5.33. The predicted octanol–water partition coefficient (Wildman–Crippen LogP) is 3.63. The molecule has 1 aliphatic rings. The van der Waals surface area contributed by atoms with Gasteiger partial charge in [-0.3, -0.25) is 0 Å². The Morgan fingerprint density at radius 1 is 1.26 bits per heavy atom. The Labute approximate surface area is 118 Å². The lowest BCUT2D eigenvalue weighted by Gasteiger charge is -2.39. The van der Waals surface area contributed by atoms with E-state index in [-0.39, 0.29) is 0 Å². The van der Waals surface area contributed by atoms with E-state index in [2.05, 4.69) is 19.2 Å². The smallest absolute Gasteiger partial charge is 0.126 e. The molecule has 0 saturated carbocycles. The summed E-state index contributed by atoms with van der Waals surface area (Å²) in [7, 11) is 0. The summed E-state index contributed by atoms with van der Waals surface area (Å²) in [5, 5.41) is 3.53. The Kier molecular flexibility index (Phi) is 4.85. The van der Waals surface area contributed by atoms with Crippen molar-refractivity contribution in [3.8, 4) is 0 Å². The Morgan fingerprint density at radius 3 is 2.58 bits per heavy atom. The molecule has 0 radical (unpaired) electrons. The molecule has 106 valence electrons. The fraction of sp³-hybridized carbons (Fsp3) is 0.600. The fourth-order valence-electron chi connectivity index (χ4n) is 2.42. The Balaban J connectivity index is 1.86. The van der Waals surface area contributed by atoms with Gasteiger partial charge in [-0.15, -0.1) is 0 Å². The van der Waals surface area contributed by atoms with E-state index in [9.17, 15) is 8.78 Å². The zero-order valence-corrected chi connectivity index (χ0v) is 12.3. The van der Waals surface area contributed by atoms with Gasteiger partial charge in [-0.1, -0.05) is 13.8 Å². The Morgan fingerprint density at radius 2 is 1.95 bits per heavy atom. The first-order valence-electron chi connectivity index (χ1n) is 6.73. The third kappa shape index (κ3) is 4.18. The van der Waals surface area contributed by atoms with E-state index < -0.39 is 11.6 Å². The third-order valence-corrected chi connectivity index (χ3v) is 4.91. The van der Waals surface area contributed by atoms with Gasteiger partial charge in [-0.25, -0.2) is 8.78 Å². The van der Waals surface area contributed by atoms with Crippen molar-refractivity contribution >= 4 is 11.8 Å². The maximum Gasteiger partial charge on any atom is 0.126 e. The van der Waals surface area contributed by atoms with Gasteiger partial charge >= 0.3 is 0 Å². The second kappa shape index (κ2) is 6.23. The summed E-state index contributed by atoms with van der Waals surface area (Å²) in [6.07, 6.45) is 1.87. The van der Waals surface area contributed by atoms with Crippen molar-refractivity contribution in [2.45, 2.75) is 32.7 Å². The number of rotatable bonds is 4. The molecule has 0 spiro atoms. The highest BCUT2D eigenvalue weighted by molar-refractivity contribution is 7.99. The van der Waals surface area contributed by atoms with Crippen LogP contribution in [0.1, 0.15) is 25.8 Å². The van der Waals surface area contributed by atoms with E-state index >= 15 is 0 Å². The first kappa shape index (κ1) is 14.8. The van der Waals surface area contributed by atoms with Crippen LogP contribution in [-0.4, -0.2) is 24.1 Å². The van der Waals surface area contributed by atoms with Crippen LogP contribution < -0.4 is 5.32 Å². The van der Waals surface area contributed by atoms with Gasteiger partial charge in [0.15, 0.2) is 0 Å². The molecule has 1 aromatic carbocycles. The molecule has 1 nitrogen and oxygen atoms in total. The SMILES string of the molecule is CC1(C)CCSCC1NCCc1cc(F)cc(F)c1. The number of benzene rings is 1. The second-order valence-corrected chi connectivity index (χ2v) is 7.00. The zero-order valence-electron chi connectivity index (χ0n) is 11.5. The molecule has 1 heterocycles. The quantitative estimate of drug-likeness (QED) is 0.906. The number of halogens is 2. The van der Waals surface area contributed by atoms with E-state index in [4.69, 9.17) is 0 Å². The Hall–Kier alpha value is -0.610. The molecule has 4 heteroatoms. The van der Waals surface area contributed by atoms with Crippen LogP contribution in [0.25, 0.3) is 0 Å². The highest BCUT2D eigenvalue weighted by Crippen LogP contribution is 2.34. The number of hydrogen-bond acceptors (Lipinski definition) is 2. The molecule has 1 N–H and O–H groups in total. The molecule has 0 aromatic heterocycles. The average Bonchev–Trinajstić information content (AvgIpc) is 2.30. The number of hydrogen-bond donors (Lipinski definition) is 1. The summed E-state index contributed by atoms with van der Waals surface area (Å²) in [5.41, 5.74) is 1.02. The molecule has 1 aromatic rings. The van der Waals surface area contributed by atoms with Gasteiger partial charge in [-0.05, 0) is 48.3 Å². The van der Waals surface area contributed by atoms with Crippen LogP contribution in [0.5, 0.6) is 0 Å². The molecule has 2 rings (SSSR count). The average molecular weight is 285 g/mol. The molecule has 1 saturated heterocycles. The van der Waals surface area contributed by atoms with Crippen LogP contribution in [-0.2, 0) is 6.42 Å². The summed E-state index contributed by atoms with van der Waals surface area (Å²) in [5.74, 6) is 1.34. The largest absolute Gasteiger partial charge is 0.312 e. The second-order valence-electron chi connectivity index (χ2n) is 5.85. The summed E-state index contributed by atoms with van der Waals surface area (Å²) >= 11 is 1.97. The first-order valence-corrected chi connectivity index (χ1v) is 7.89. The molecular weight excluding hydrogens is 264 g/mol. The predicted molar refractivity (Wildman–Crippen MR) is 77.6 cm³/mol. The van der Waals surface area contributed by atoms with Gasteiger partial charge in [-0.2, -0.15) is 11.8 Å². The van der Waals surface area contributed by atoms with E-state index in [1.54, 1.807) is 0 Å². The van der Waals surface area contributed by atoms with Gasteiger partial charge in [0.05, 0.1) is 0 Å². The van der Waals surface area contributed by atoms with Gasteiger partial charge < -0.3 is 5.32 Å². The van der Waals surface area contributed by atoms with Gasteiger partial charge in [0.2, 0.25) is 0 Å². The van der Waals surface area contributed by atoms with Crippen LogP contribution in [0.15, 0.2) is 18.2 Å². The number of thioether (sulfide) groups is 1. The minimum absolute atomic E-state index is 0.304. The van der Waals surface area contributed by atoms with E-state index in [0.29, 0.717) is 23.4 Å². The zero-order chi connectivity index (χ0) is 13.9. The third-order valence-electron chi connectivity index (χ3n) is 3.85. The minimum atomic E-state index is -0.497. The van der Waals surface area contributed by atoms with Crippen molar-refractivity contribution in [2.75, 3.05) is 18.1 Å². The number of nitrogens with one attached hydrogen (secondary N) is 1. The van der Waals surface area contributed by atoms with E-state index in [1.165, 1.54) is 24.3 Å². The monoisotopic (exact) mass is 285 g/mol. The van der Waals surface area contributed by atoms with Crippen molar-refractivity contribution in [1.29, 1.82) is 0 Å². The highest BCUT2D eigenvalue weighted by Gasteiger charge is 2.31. The molecule has 19 heavy (non-hydrogen) atoms.